The number of rotatable bonds is 12. The summed E-state index contributed by atoms with van der Waals surface area (Å²) in [4.78, 5) is 27.4. The zero-order chi connectivity index (χ0) is 25.3. The van der Waals surface area contributed by atoms with Crippen LogP contribution in [-0.2, 0) is 26.2 Å². The first-order valence-corrected chi connectivity index (χ1v) is 14.1. The number of hydrogen-bond donors (Lipinski definition) is 1. The van der Waals surface area contributed by atoms with Gasteiger partial charge in [0.15, 0.2) is 0 Å². The van der Waals surface area contributed by atoms with E-state index >= 15 is 0 Å². The standard InChI is InChI=1S/C24H31BrClN3O4S/c1-4-14-27-24(31)18(2)28(17-19-10-12-20(25)13-11-19)23(30)9-6-15-29(34(3,32)33)22-8-5-7-21(26)16-22/h5,7-8,10-13,16,18H,4,6,9,14-15,17H2,1-3H3,(H,27,31)/t18-/m1/s1. The summed E-state index contributed by atoms with van der Waals surface area (Å²) in [6, 6.07) is 13.5. The minimum Gasteiger partial charge on any atom is -0.354 e. The van der Waals surface area contributed by atoms with Crippen molar-refractivity contribution < 1.29 is 18.0 Å². The fourth-order valence-corrected chi connectivity index (χ4v) is 4.81. The molecule has 186 valence electrons. The molecule has 0 fully saturated rings. The van der Waals surface area contributed by atoms with Crippen LogP contribution in [0.15, 0.2) is 53.0 Å². The molecule has 0 aromatic heterocycles. The van der Waals surface area contributed by atoms with Gasteiger partial charge in [-0.05, 0) is 55.7 Å². The third kappa shape index (κ3) is 8.60. The average molecular weight is 573 g/mol. The van der Waals surface area contributed by atoms with Crippen LogP contribution in [0.1, 0.15) is 38.7 Å². The number of nitrogens with one attached hydrogen (secondary N) is 1. The number of halogens is 2. The van der Waals surface area contributed by atoms with Gasteiger partial charge in [0.2, 0.25) is 21.8 Å². The highest BCUT2D eigenvalue weighted by atomic mass is 79.9. The Balaban J connectivity index is 2.14. The number of carbonyl (C=O) groups excluding carboxylic acids is 2. The Morgan fingerprint density at radius 1 is 1.15 bits per heavy atom. The molecule has 0 aliphatic rings. The molecular formula is C24H31BrClN3O4S. The Morgan fingerprint density at radius 2 is 1.82 bits per heavy atom. The Hall–Kier alpha value is -2.10. The van der Waals surface area contributed by atoms with Gasteiger partial charge in [-0.25, -0.2) is 8.42 Å². The first-order valence-electron chi connectivity index (χ1n) is 11.1. The number of anilines is 1. The Morgan fingerprint density at radius 3 is 2.41 bits per heavy atom. The molecule has 0 saturated heterocycles. The third-order valence-corrected chi connectivity index (χ3v) is 7.19. The molecule has 1 atom stereocenters. The van der Waals surface area contributed by atoms with Crippen LogP contribution in [0.2, 0.25) is 5.02 Å². The summed E-state index contributed by atoms with van der Waals surface area (Å²) in [5, 5.41) is 3.27. The first-order chi connectivity index (χ1) is 16.0. The molecule has 2 aromatic carbocycles. The van der Waals surface area contributed by atoms with Crippen molar-refractivity contribution in [2.24, 2.45) is 0 Å². The van der Waals surface area contributed by atoms with E-state index in [-0.39, 0.29) is 31.3 Å². The van der Waals surface area contributed by atoms with Crippen molar-refractivity contribution in [1.29, 1.82) is 0 Å². The van der Waals surface area contributed by atoms with Gasteiger partial charge >= 0.3 is 0 Å². The number of hydrogen-bond acceptors (Lipinski definition) is 4. The van der Waals surface area contributed by atoms with E-state index in [2.05, 4.69) is 21.2 Å². The maximum absolute atomic E-state index is 13.2. The molecule has 0 aliphatic carbocycles. The topological polar surface area (TPSA) is 86.8 Å². The van der Waals surface area contributed by atoms with Crippen LogP contribution < -0.4 is 9.62 Å². The molecule has 0 heterocycles. The van der Waals surface area contributed by atoms with Gasteiger partial charge in [0, 0.05) is 35.6 Å². The van der Waals surface area contributed by atoms with E-state index in [0.717, 1.165) is 22.7 Å². The second-order valence-electron chi connectivity index (χ2n) is 8.03. The zero-order valence-corrected chi connectivity index (χ0v) is 22.8. The highest BCUT2D eigenvalue weighted by molar-refractivity contribution is 9.10. The van der Waals surface area contributed by atoms with Gasteiger partial charge in [-0.2, -0.15) is 0 Å². The van der Waals surface area contributed by atoms with E-state index in [0.29, 0.717) is 23.7 Å². The van der Waals surface area contributed by atoms with E-state index < -0.39 is 16.1 Å². The monoisotopic (exact) mass is 571 g/mol. The first kappa shape index (κ1) is 28.1. The molecule has 2 aromatic rings. The number of carbonyl (C=O) groups is 2. The second kappa shape index (κ2) is 13.1. The molecular weight excluding hydrogens is 542 g/mol. The van der Waals surface area contributed by atoms with Gasteiger partial charge in [-0.15, -0.1) is 0 Å². The number of sulfonamides is 1. The lowest BCUT2D eigenvalue weighted by atomic mass is 10.1. The van der Waals surface area contributed by atoms with Crippen molar-refractivity contribution in [2.45, 2.75) is 45.7 Å². The van der Waals surface area contributed by atoms with E-state index in [4.69, 9.17) is 11.6 Å². The summed E-state index contributed by atoms with van der Waals surface area (Å²) >= 11 is 9.43. The quantitative estimate of drug-likeness (QED) is 0.403. The van der Waals surface area contributed by atoms with Gasteiger partial charge in [0.25, 0.3) is 0 Å². The Labute approximate surface area is 215 Å². The summed E-state index contributed by atoms with van der Waals surface area (Å²) < 4.78 is 26.9. The summed E-state index contributed by atoms with van der Waals surface area (Å²) in [5.41, 5.74) is 1.34. The zero-order valence-electron chi connectivity index (χ0n) is 19.6. The average Bonchev–Trinajstić information content (AvgIpc) is 2.78. The number of amides is 2. The van der Waals surface area contributed by atoms with E-state index in [1.165, 1.54) is 4.31 Å². The third-order valence-electron chi connectivity index (χ3n) is 5.23. The summed E-state index contributed by atoms with van der Waals surface area (Å²) in [6.45, 7) is 4.59. The minimum atomic E-state index is -3.56. The number of benzene rings is 2. The molecule has 0 saturated carbocycles. The van der Waals surface area contributed by atoms with Crippen LogP contribution in [0.4, 0.5) is 5.69 Å². The molecule has 0 radical (unpaired) electrons. The van der Waals surface area contributed by atoms with Crippen LogP contribution >= 0.6 is 27.5 Å². The second-order valence-corrected chi connectivity index (χ2v) is 11.3. The lowest BCUT2D eigenvalue weighted by Crippen LogP contribution is -2.47. The molecule has 10 heteroatoms. The SMILES string of the molecule is CCCNC(=O)[C@@H](C)N(Cc1ccc(Br)cc1)C(=O)CCCN(c1cccc(Cl)c1)S(C)(=O)=O. The largest absolute Gasteiger partial charge is 0.354 e. The smallest absolute Gasteiger partial charge is 0.242 e. The van der Waals surface area contributed by atoms with Gasteiger partial charge < -0.3 is 10.2 Å². The lowest BCUT2D eigenvalue weighted by Gasteiger charge is -2.29. The fourth-order valence-electron chi connectivity index (χ4n) is 3.40. The predicted molar refractivity (Wildman–Crippen MR) is 140 cm³/mol. The van der Waals surface area contributed by atoms with E-state index in [9.17, 15) is 18.0 Å². The van der Waals surface area contributed by atoms with E-state index in [1.807, 2.05) is 31.2 Å². The van der Waals surface area contributed by atoms with Gasteiger partial charge in [0.1, 0.15) is 6.04 Å². The molecule has 0 aliphatic heterocycles. The van der Waals surface area contributed by atoms with Crippen LogP contribution in [0.25, 0.3) is 0 Å². The summed E-state index contributed by atoms with van der Waals surface area (Å²) in [6.07, 6.45) is 2.30. The molecule has 7 nitrogen and oxygen atoms in total. The maximum Gasteiger partial charge on any atom is 0.242 e. The molecule has 1 N–H and O–H groups in total. The van der Waals surface area contributed by atoms with Crippen molar-refractivity contribution in [3.05, 3.63) is 63.6 Å². The number of nitrogens with zero attached hydrogens (tertiary/aromatic N) is 2. The minimum absolute atomic E-state index is 0.0918. The predicted octanol–water partition coefficient (Wildman–Crippen LogP) is 4.59. The van der Waals surface area contributed by atoms with E-state index in [1.54, 1.807) is 36.1 Å². The maximum atomic E-state index is 13.2. The van der Waals surface area contributed by atoms with Crippen LogP contribution in [0.3, 0.4) is 0 Å². The Bertz CT molecular complexity index is 1080. The highest BCUT2D eigenvalue weighted by Gasteiger charge is 2.26. The Kier molecular flexibility index (Phi) is 10.9. The summed E-state index contributed by atoms with van der Waals surface area (Å²) in [5.74, 6) is -0.439. The van der Waals surface area contributed by atoms with Gasteiger partial charge in [-0.3, -0.25) is 13.9 Å². The summed E-state index contributed by atoms with van der Waals surface area (Å²) in [7, 11) is -3.56. The molecule has 0 bridgehead atoms. The van der Waals surface area contributed by atoms with Crippen molar-refractivity contribution >= 4 is 55.1 Å². The fraction of sp³-hybridized carbons (Fsp3) is 0.417. The van der Waals surface area contributed by atoms with Crippen molar-refractivity contribution in [1.82, 2.24) is 10.2 Å². The molecule has 2 amide bonds. The van der Waals surface area contributed by atoms with Gasteiger partial charge in [0.05, 0.1) is 11.9 Å². The van der Waals surface area contributed by atoms with Crippen molar-refractivity contribution in [3.8, 4) is 0 Å². The highest BCUT2D eigenvalue weighted by Crippen LogP contribution is 2.23. The van der Waals surface area contributed by atoms with Gasteiger partial charge in [-0.1, -0.05) is 52.7 Å². The van der Waals surface area contributed by atoms with Crippen LogP contribution in [-0.4, -0.2) is 50.5 Å². The van der Waals surface area contributed by atoms with Crippen molar-refractivity contribution in [2.75, 3.05) is 23.7 Å². The lowest BCUT2D eigenvalue weighted by molar-refractivity contribution is -0.140. The molecule has 0 spiro atoms. The van der Waals surface area contributed by atoms with Crippen LogP contribution in [0.5, 0.6) is 0 Å². The molecule has 34 heavy (non-hydrogen) atoms. The van der Waals surface area contributed by atoms with Crippen LogP contribution in [0, 0.1) is 0 Å². The molecule has 2 rings (SSSR count). The molecule has 0 unspecified atom stereocenters. The normalized spacial score (nSPS) is 12.1. The van der Waals surface area contributed by atoms with Crippen molar-refractivity contribution in [3.63, 3.8) is 0 Å².